The molecule has 3 rings (SSSR count). The van der Waals surface area contributed by atoms with Gasteiger partial charge in [-0.05, 0) is 37.5 Å². The number of benzene rings is 1. The van der Waals surface area contributed by atoms with E-state index in [1.807, 2.05) is 30.3 Å². The standard InChI is InChI=1S/C27H36N4O7/c1-16(21(32)11-10-18-7-4-3-5-8-18)26(35)31-24(19-14-37-15-19)27(36)38-17(2)23(25(28)34)30-13-20-22(33)9-6-12-29-20/h3-9,12,16-17,19,21,23-24,30,32-33H,10-11,13-15H2,1-2H3,(H2,28,34)(H,31,35). The molecular formula is C27H36N4O7. The van der Waals surface area contributed by atoms with Crippen LogP contribution in [0.25, 0.3) is 0 Å². The summed E-state index contributed by atoms with van der Waals surface area (Å²) in [6, 6.07) is 10.6. The molecule has 1 aliphatic rings. The summed E-state index contributed by atoms with van der Waals surface area (Å²) in [6.07, 6.45) is 0.592. The maximum atomic E-state index is 13.1. The molecule has 1 aromatic carbocycles. The van der Waals surface area contributed by atoms with Crippen LogP contribution in [-0.4, -0.2) is 70.5 Å². The number of nitrogens with two attached hydrogens (primary N) is 1. The highest BCUT2D eigenvalue weighted by molar-refractivity contribution is 5.87. The molecule has 1 saturated heterocycles. The van der Waals surface area contributed by atoms with Crippen molar-refractivity contribution in [3.05, 3.63) is 59.9 Å². The number of carbonyl (C=O) groups excluding carboxylic acids is 3. The third-order valence-electron chi connectivity index (χ3n) is 6.68. The molecule has 0 saturated carbocycles. The second kappa shape index (κ2) is 13.8. The van der Waals surface area contributed by atoms with Crippen molar-refractivity contribution in [3.63, 3.8) is 0 Å². The van der Waals surface area contributed by atoms with E-state index in [1.54, 1.807) is 13.0 Å². The Hall–Kier alpha value is -3.54. The van der Waals surface area contributed by atoms with Gasteiger partial charge in [-0.3, -0.25) is 19.9 Å². The molecule has 11 nitrogen and oxygen atoms in total. The lowest BCUT2D eigenvalue weighted by Gasteiger charge is -2.34. The summed E-state index contributed by atoms with van der Waals surface area (Å²) in [5, 5.41) is 26.0. The fourth-order valence-electron chi connectivity index (χ4n) is 4.08. The van der Waals surface area contributed by atoms with Crippen molar-refractivity contribution in [2.45, 2.75) is 57.5 Å². The molecule has 1 aliphatic heterocycles. The van der Waals surface area contributed by atoms with Crippen molar-refractivity contribution < 1.29 is 34.1 Å². The van der Waals surface area contributed by atoms with E-state index < -0.39 is 48.0 Å². The van der Waals surface area contributed by atoms with E-state index in [0.29, 0.717) is 18.5 Å². The first-order valence-corrected chi connectivity index (χ1v) is 12.6. The lowest BCUT2D eigenvalue weighted by molar-refractivity contribution is -0.162. The van der Waals surface area contributed by atoms with Gasteiger partial charge in [-0.15, -0.1) is 0 Å². The zero-order valence-corrected chi connectivity index (χ0v) is 21.6. The van der Waals surface area contributed by atoms with Crippen LogP contribution in [0.2, 0.25) is 0 Å². The van der Waals surface area contributed by atoms with Crippen LogP contribution in [0, 0.1) is 11.8 Å². The van der Waals surface area contributed by atoms with E-state index in [-0.39, 0.29) is 31.4 Å². The van der Waals surface area contributed by atoms with Crippen molar-refractivity contribution in [2.75, 3.05) is 13.2 Å². The van der Waals surface area contributed by atoms with Gasteiger partial charge in [0, 0.05) is 18.7 Å². The Morgan fingerprint density at radius 1 is 1.16 bits per heavy atom. The molecule has 0 aliphatic carbocycles. The molecule has 2 aromatic rings. The zero-order chi connectivity index (χ0) is 27.7. The number of esters is 1. The molecule has 0 radical (unpaired) electrons. The van der Waals surface area contributed by atoms with Gasteiger partial charge in [-0.25, -0.2) is 4.79 Å². The summed E-state index contributed by atoms with van der Waals surface area (Å²) in [4.78, 5) is 42.1. The van der Waals surface area contributed by atoms with Crippen molar-refractivity contribution in [1.29, 1.82) is 0 Å². The van der Waals surface area contributed by atoms with E-state index in [2.05, 4.69) is 15.6 Å². The van der Waals surface area contributed by atoms with Crippen molar-refractivity contribution in [3.8, 4) is 5.75 Å². The van der Waals surface area contributed by atoms with Crippen LogP contribution in [0.15, 0.2) is 48.7 Å². The summed E-state index contributed by atoms with van der Waals surface area (Å²) in [6.45, 7) is 3.64. The molecule has 38 heavy (non-hydrogen) atoms. The fourth-order valence-corrected chi connectivity index (χ4v) is 4.08. The Balaban J connectivity index is 1.58. The predicted octanol–water partition coefficient (Wildman–Crippen LogP) is 0.423. The van der Waals surface area contributed by atoms with Gasteiger partial charge in [-0.1, -0.05) is 37.3 Å². The van der Waals surface area contributed by atoms with Gasteiger partial charge in [0.15, 0.2) is 0 Å². The second-order valence-corrected chi connectivity index (χ2v) is 9.54. The number of aliphatic hydroxyl groups excluding tert-OH is 1. The van der Waals surface area contributed by atoms with Gasteiger partial charge in [0.05, 0.1) is 30.9 Å². The molecule has 2 heterocycles. The molecule has 0 bridgehead atoms. The summed E-state index contributed by atoms with van der Waals surface area (Å²) < 4.78 is 10.7. The number of amides is 2. The average molecular weight is 529 g/mol. The first-order chi connectivity index (χ1) is 18.2. The van der Waals surface area contributed by atoms with Gasteiger partial charge >= 0.3 is 5.97 Å². The Morgan fingerprint density at radius 3 is 2.47 bits per heavy atom. The predicted molar refractivity (Wildman–Crippen MR) is 137 cm³/mol. The van der Waals surface area contributed by atoms with Crippen LogP contribution < -0.4 is 16.4 Å². The first-order valence-electron chi connectivity index (χ1n) is 12.6. The largest absolute Gasteiger partial charge is 0.506 e. The summed E-state index contributed by atoms with van der Waals surface area (Å²) in [5.41, 5.74) is 6.87. The number of carbonyl (C=O) groups is 3. The van der Waals surface area contributed by atoms with E-state index >= 15 is 0 Å². The zero-order valence-electron chi connectivity index (χ0n) is 21.6. The van der Waals surface area contributed by atoms with E-state index in [0.717, 1.165) is 5.56 Å². The van der Waals surface area contributed by atoms with Gasteiger partial charge in [0.2, 0.25) is 11.8 Å². The minimum absolute atomic E-state index is 0.0111. The number of nitrogens with one attached hydrogen (secondary N) is 2. The van der Waals surface area contributed by atoms with Crippen molar-refractivity contribution in [1.82, 2.24) is 15.6 Å². The highest BCUT2D eigenvalue weighted by Gasteiger charge is 2.39. The molecular weight excluding hydrogens is 492 g/mol. The van der Waals surface area contributed by atoms with E-state index in [1.165, 1.54) is 19.2 Å². The summed E-state index contributed by atoms with van der Waals surface area (Å²) in [7, 11) is 0. The molecule has 6 N–H and O–H groups in total. The molecule has 1 fully saturated rings. The Kier molecular flexibility index (Phi) is 10.6. The van der Waals surface area contributed by atoms with Crippen LogP contribution >= 0.6 is 0 Å². The molecule has 5 unspecified atom stereocenters. The number of nitrogens with zero attached hydrogens (tertiary/aromatic N) is 1. The Bertz CT molecular complexity index is 1080. The number of hydrogen-bond donors (Lipinski definition) is 5. The van der Waals surface area contributed by atoms with Crippen LogP contribution in [0.4, 0.5) is 0 Å². The summed E-state index contributed by atoms with van der Waals surface area (Å²) in [5.74, 6) is -3.11. The monoisotopic (exact) mass is 528 g/mol. The number of pyridine rings is 1. The second-order valence-electron chi connectivity index (χ2n) is 9.54. The minimum Gasteiger partial charge on any atom is -0.506 e. The molecule has 5 atom stereocenters. The third-order valence-corrected chi connectivity index (χ3v) is 6.68. The number of rotatable bonds is 14. The van der Waals surface area contributed by atoms with E-state index in [9.17, 15) is 24.6 Å². The molecule has 2 amide bonds. The van der Waals surface area contributed by atoms with Crippen LogP contribution in [-0.2, 0) is 36.8 Å². The molecule has 0 spiro atoms. The maximum Gasteiger partial charge on any atom is 0.329 e. The fraction of sp³-hybridized carbons (Fsp3) is 0.481. The van der Waals surface area contributed by atoms with E-state index in [4.69, 9.17) is 15.2 Å². The number of hydrogen-bond acceptors (Lipinski definition) is 9. The average Bonchev–Trinajstić information content (AvgIpc) is 2.86. The highest BCUT2D eigenvalue weighted by atomic mass is 16.5. The topological polar surface area (TPSA) is 173 Å². The number of aliphatic hydroxyl groups is 1. The molecule has 206 valence electrons. The van der Waals surface area contributed by atoms with Crippen molar-refractivity contribution in [2.24, 2.45) is 17.6 Å². The van der Waals surface area contributed by atoms with Gasteiger partial charge in [-0.2, -0.15) is 0 Å². The smallest absolute Gasteiger partial charge is 0.329 e. The van der Waals surface area contributed by atoms with Crippen LogP contribution in [0.1, 0.15) is 31.5 Å². The lowest BCUT2D eigenvalue weighted by atomic mass is 9.94. The van der Waals surface area contributed by atoms with Crippen LogP contribution in [0.5, 0.6) is 5.75 Å². The SMILES string of the molecule is CC(OC(=O)C(NC(=O)C(C)C(O)CCc1ccccc1)C1COC1)C(NCc1ncccc1O)C(N)=O. The van der Waals surface area contributed by atoms with Crippen LogP contribution in [0.3, 0.4) is 0 Å². The third kappa shape index (κ3) is 7.98. The molecule has 11 heteroatoms. The summed E-state index contributed by atoms with van der Waals surface area (Å²) >= 11 is 0. The molecule has 1 aromatic heterocycles. The van der Waals surface area contributed by atoms with Gasteiger partial charge in [0.25, 0.3) is 0 Å². The number of aryl methyl sites for hydroxylation is 1. The first kappa shape index (κ1) is 29.0. The lowest BCUT2D eigenvalue weighted by Crippen LogP contribution is -2.57. The number of aromatic hydroxyl groups is 1. The van der Waals surface area contributed by atoms with Gasteiger partial charge in [0.1, 0.15) is 23.9 Å². The number of aromatic nitrogens is 1. The number of ether oxygens (including phenoxy) is 2. The Labute approximate surface area is 221 Å². The minimum atomic E-state index is -1.08. The number of primary amides is 1. The van der Waals surface area contributed by atoms with Gasteiger partial charge < -0.3 is 30.7 Å². The maximum absolute atomic E-state index is 13.1. The quantitative estimate of drug-likeness (QED) is 0.218. The Morgan fingerprint density at radius 2 is 1.87 bits per heavy atom. The highest BCUT2D eigenvalue weighted by Crippen LogP contribution is 2.20. The van der Waals surface area contributed by atoms with Crippen molar-refractivity contribution >= 4 is 17.8 Å². The normalized spacial score (nSPS) is 17.3.